The van der Waals surface area contributed by atoms with Gasteiger partial charge in [0.2, 0.25) is 11.8 Å². The second-order valence-corrected chi connectivity index (χ2v) is 9.06. The first-order valence-corrected chi connectivity index (χ1v) is 11.5. The number of fused-ring (bicyclic) bond motifs is 2. The molecule has 3 aliphatic rings. The van der Waals surface area contributed by atoms with Crippen LogP contribution < -0.4 is 0 Å². The zero-order chi connectivity index (χ0) is 23.7. The van der Waals surface area contributed by atoms with Crippen LogP contribution >= 0.6 is 0 Å². The van der Waals surface area contributed by atoms with Crippen LogP contribution in [0.1, 0.15) is 24.0 Å². The number of piperazine rings is 1. The molecule has 0 aliphatic carbocycles. The van der Waals surface area contributed by atoms with E-state index in [9.17, 15) is 19.2 Å². The molecule has 0 saturated carbocycles. The molecule has 0 bridgehead atoms. The van der Waals surface area contributed by atoms with E-state index in [4.69, 9.17) is 9.47 Å². The Morgan fingerprint density at radius 2 is 1.06 bits per heavy atom. The molecule has 2 aromatic carbocycles. The van der Waals surface area contributed by atoms with Crippen LogP contribution in [0.25, 0.3) is 0 Å². The average Bonchev–Trinajstić information content (AvgIpc) is 3.52. The zero-order valence-electron chi connectivity index (χ0n) is 18.7. The summed E-state index contributed by atoms with van der Waals surface area (Å²) in [7, 11) is 0. The van der Waals surface area contributed by atoms with Gasteiger partial charge >= 0.3 is 11.9 Å². The highest BCUT2D eigenvalue weighted by molar-refractivity contribution is 5.99. The van der Waals surface area contributed by atoms with Gasteiger partial charge in [-0.05, 0) is 24.0 Å². The molecular weight excluding hydrogens is 436 g/mol. The quantitative estimate of drug-likeness (QED) is 0.609. The molecule has 3 aliphatic heterocycles. The fourth-order valence-electron chi connectivity index (χ4n) is 5.04. The lowest BCUT2D eigenvalue weighted by Gasteiger charge is -2.38. The van der Waals surface area contributed by atoms with Crippen molar-refractivity contribution in [3.05, 3.63) is 71.8 Å². The number of hydrogen-bond acceptors (Lipinski definition) is 6. The van der Waals surface area contributed by atoms with Gasteiger partial charge in [-0.2, -0.15) is 0 Å². The molecule has 3 fully saturated rings. The lowest BCUT2D eigenvalue weighted by molar-refractivity contribution is -0.157. The van der Waals surface area contributed by atoms with Crippen molar-refractivity contribution in [3.63, 3.8) is 0 Å². The molecule has 4 unspecified atom stereocenters. The molecule has 0 spiro atoms. The van der Waals surface area contributed by atoms with E-state index in [1.807, 2.05) is 60.7 Å². The largest absolute Gasteiger partial charge is 0.461 e. The van der Waals surface area contributed by atoms with Gasteiger partial charge in [-0.3, -0.25) is 19.2 Å². The van der Waals surface area contributed by atoms with Crippen LogP contribution in [-0.4, -0.2) is 58.7 Å². The minimum absolute atomic E-state index is 0.157. The third-order valence-electron chi connectivity index (χ3n) is 6.85. The van der Waals surface area contributed by atoms with E-state index in [1.54, 1.807) is 0 Å². The van der Waals surface area contributed by atoms with Crippen LogP contribution in [0.2, 0.25) is 0 Å². The molecule has 4 atom stereocenters. The second kappa shape index (κ2) is 9.29. The van der Waals surface area contributed by atoms with Crippen molar-refractivity contribution in [3.8, 4) is 0 Å². The van der Waals surface area contributed by atoms with E-state index in [2.05, 4.69) is 0 Å². The summed E-state index contributed by atoms with van der Waals surface area (Å²) in [5.41, 5.74) is 1.76. The summed E-state index contributed by atoms with van der Waals surface area (Å²) in [6, 6.07) is 17.4. The van der Waals surface area contributed by atoms with E-state index >= 15 is 0 Å². The summed E-state index contributed by atoms with van der Waals surface area (Å²) in [6.45, 7) is 0.640. The van der Waals surface area contributed by atoms with E-state index in [-0.39, 0.29) is 51.0 Å². The van der Waals surface area contributed by atoms with Gasteiger partial charge in [0.25, 0.3) is 0 Å². The number of ether oxygens (including phenoxy) is 2. The average molecular weight is 463 g/mol. The molecule has 8 nitrogen and oxygen atoms in total. The van der Waals surface area contributed by atoms with Crippen LogP contribution in [0, 0.1) is 11.8 Å². The van der Waals surface area contributed by atoms with Gasteiger partial charge in [0.05, 0.1) is 11.8 Å². The highest BCUT2D eigenvalue weighted by Gasteiger charge is 2.55. The first-order chi connectivity index (χ1) is 16.5. The standard InChI is InChI=1S/C26H26N2O6/c29-23-21-11-19(25(31)33-15-17-7-3-1-4-8-17)13-27(21)24(30)22-12-20(14-28(22)23)26(32)34-16-18-9-5-2-6-10-18/h1-10,19-22H,11-16H2. The molecule has 3 heterocycles. The number of carbonyl (C=O) groups excluding carboxylic acids is 4. The van der Waals surface area contributed by atoms with Crippen LogP contribution in [-0.2, 0) is 41.9 Å². The summed E-state index contributed by atoms with van der Waals surface area (Å²) in [4.78, 5) is 54.5. The summed E-state index contributed by atoms with van der Waals surface area (Å²) in [5, 5.41) is 0. The molecule has 0 aromatic heterocycles. The maximum atomic E-state index is 13.2. The molecule has 3 saturated heterocycles. The number of nitrogens with zero attached hydrogens (tertiary/aromatic N) is 2. The number of rotatable bonds is 6. The van der Waals surface area contributed by atoms with E-state index in [0.29, 0.717) is 0 Å². The Bertz CT molecular complexity index is 973. The SMILES string of the molecule is O=C(OCc1ccccc1)C1CC2C(=O)N3CC(C(=O)OCc4ccccc4)CC3C(=O)N2C1. The Morgan fingerprint density at radius 1 is 0.676 bits per heavy atom. The summed E-state index contributed by atoms with van der Waals surface area (Å²) < 4.78 is 10.9. The Morgan fingerprint density at radius 3 is 1.44 bits per heavy atom. The third kappa shape index (κ3) is 4.27. The van der Waals surface area contributed by atoms with Gasteiger partial charge in [0, 0.05) is 13.1 Å². The highest BCUT2D eigenvalue weighted by atomic mass is 16.5. The van der Waals surface area contributed by atoms with Crippen LogP contribution in [0.3, 0.4) is 0 Å². The number of esters is 2. The minimum Gasteiger partial charge on any atom is -0.461 e. The second-order valence-electron chi connectivity index (χ2n) is 9.06. The predicted molar refractivity (Wildman–Crippen MR) is 120 cm³/mol. The maximum absolute atomic E-state index is 13.2. The van der Waals surface area contributed by atoms with Crippen LogP contribution in [0.15, 0.2) is 60.7 Å². The number of hydrogen-bond donors (Lipinski definition) is 0. The number of amides is 2. The molecule has 34 heavy (non-hydrogen) atoms. The van der Waals surface area contributed by atoms with Gasteiger partial charge in [0.15, 0.2) is 0 Å². The molecule has 2 amide bonds. The van der Waals surface area contributed by atoms with Gasteiger partial charge < -0.3 is 19.3 Å². The van der Waals surface area contributed by atoms with Crippen molar-refractivity contribution in [2.45, 2.75) is 38.1 Å². The van der Waals surface area contributed by atoms with E-state index in [0.717, 1.165) is 11.1 Å². The fraction of sp³-hybridized carbons (Fsp3) is 0.385. The molecule has 0 radical (unpaired) electrons. The summed E-state index contributed by atoms with van der Waals surface area (Å²) >= 11 is 0. The fourth-order valence-corrected chi connectivity index (χ4v) is 5.04. The number of benzene rings is 2. The third-order valence-corrected chi connectivity index (χ3v) is 6.85. The lowest BCUT2D eigenvalue weighted by atomic mass is 10.0. The van der Waals surface area contributed by atoms with Gasteiger partial charge in [-0.15, -0.1) is 0 Å². The van der Waals surface area contributed by atoms with Crippen LogP contribution in [0.4, 0.5) is 0 Å². The molecule has 2 aromatic rings. The first-order valence-electron chi connectivity index (χ1n) is 11.5. The summed E-state index contributed by atoms with van der Waals surface area (Å²) in [6.07, 6.45) is 0.481. The Labute approximate surface area is 197 Å². The van der Waals surface area contributed by atoms with Crippen molar-refractivity contribution in [1.82, 2.24) is 9.80 Å². The minimum atomic E-state index is -0.683. The van der Waals surface area contributed by atoms with Crippen LogP contribution in [0.5, 0.6) is 0 Å². The Kier molecular flexibility index (Phi) is 6.04. The zero-order valence-corrected chi connectivity index (χ0v) is 18.7. The normalized spacial score (nSPS) is 25.6. The van der Waals surface area contributed by atoms with E-state index in [1.165, 1.54) is 9.80 Å². The molecular formula is C26H26N2O6. The van der Waals surface area contributed by atoms with Crippen molar-refractivity contribution < 1.29 is 28.7 Å². The van der Waals surface area contributed by atoms with Crippen molar-refractivity contribution in [2.24, 2.45) is 11.8 Å². The Balaban J connectivity index is 1.18. The van der Waals surface area contributed by atoms with Gasteiger partial charge in [-0.1, -0.05) is 60.7 Å². The molecule has 176 valence electrons. The highest BCUT2D eigenvalue weighted by Crippen LogP contribution is 2.37. The van der Waals surface area contributed by atoms with E-state index < -0.39 is 35.9 Å². The monoisotopic (exact) mass is 462 g/mol. The lowest BCUT2D eigenvalue weighted by Crippen LogP contribution is -2.60. The number of carbonyl (C=O) groups is 4. The van der Waals surface area contributed by atoms with Gasteiger partial charge in [-0.25, -0.2) is 0 Å². The molecule has 0 N–H and O–H groups in total. The smallest absolute Gasteiger partial charge is 0.311 e. The Hall–Kier alpha value is -3.68. The molecule has 8 heteroatoms. The topological polar surface area (TPSA) is 93.2 Å². The summed E-state index contributed by atoms with van der Waals surface area (Å²) in [5.74, 6) is -2.29. The molecule has 5 rings (SSSR count). The predicted octanol–water partition coefficient (Wildman–Crippen LogP) is 1.92. The first kappa shape index (κ1) is 22.1. The van der Waals surface area contributed by atoms with Crippen molar-refractivity contribution in [2.75, 3.05) is 13.1 Å². The van der Waals surface area contributed by atoms with Crippen molar-refractivity contribution >= 4 is 23.8 Å². The van der Waals surface area contributed by atoms with Crippen molar-refractivity contribution in [1.29, 1.82) is 0 Å². The van der Waals surface area contributed by atoms with Gasteiger partial charge in [0.1, 0.15) is 25.3 Å². The maximum Gasteiger partial charge on any atom is 0.311 e.